The van der Waals surface area contributed by atoms with Crippen molar-refractivity contribution in [3.05, 3.63) is 71.0 Å². The lowest BCUT2D eigenvalue weighted by atomic mass is 10.00. The molecule has 0 unspecified atom stereocenters. The Balaban J connectivity index is 2.35. The molecule has 0 saturated heterocycles. The molecular formula is C15H11F. The summed E-state index contributed by atoms with van der Waals surface area (Å²) in [4.78, 5) is 0. The van der Waals surface area contributed by atoms with E-state index < -0.39 is 0 Å². The highest BCUT2D eigenvalue weighted by Crippen LogP contribution is 2.15. The lowest BCUT2D eigenvalue weighted by Gasteiger charge is -2.05. The van der Waals surface area contributed by atoms with Gasteiger partial charge in [0.15, 0.2) is 0 Å². The molecule has 0 aliphatic heterocycles. The summed E-state index contributed by atoms with van der Waals surface area (Å²) < 4.78 is 13.1. The molecule has 0 fully saturated rings. The fourth-order valence-electron chi connectivity index (χ4n) is 1.67. The van der Waals surface area contributed by atoms with Crippen LogP contribution in [0.2, 0.25) is 0 Å². The topological polar surface area (TPSA) is 0 Å². The predicted molar refractivity (Wildman–Crippen MR) is 63.6 cm³/mol. The van der Waals surface area contributed by atoms with Crippen LogP contribution in [0.3, 0.4) is 0 Å². The Kier molecular flexibility index (Phi) is 3.03. The van der Waals surface area contributed by atoms with Gasteiger partial charge in [0.05, 0.1) is 0 Å². The molecule has 0 aliphatic rings. The van der Waals surface area contributed by atoms with E-state index in [4.69, 9.17) is 6.42 Å². The van der Waals surface area contributed by atoms with Crippen LogP contribution in [-0.4, -0.2) is 0 Å². The first-order chi connectivity index (χ1) is 7.79. The van der Waals surface area contributed by atoms with Gasteiger partial charge in [0.1, 0.15) is 5.82 Å². The second kappa shape index (κ2) is 4.63. The highest BCUT2D eigenvalue weighted by atomic mass is 19.1. The maximum absolute atomic E-state index is 13.1. The van der Waals surface area contributed by atoms with Crippen molar-refractivity contribution < 1.29 is 4.39 Å². The number of rotatable bonds is 2. The summed E-state index contributed by atoms with van der Waals surface area (Å²) in [5.74, 6) is 2.33. The Morgan fingerprint density at radius 2 is 1.81 bits per heavy atom. The van der Waals surface area contributed by atoms with E-state index in [1.54, 1.807) is 6.07 Å². The zero-order valence-electron chi connectivity index (χ0n) is 8.78. The monoisotopic (exact) mass is 210 g/mol. The number of hydrogen-bond donors (Lipinski definition) is 0. The zero-order chi connectivity index (χ0) is 11.4. The smallest absolute Gasteiger partial charge is 0.123 e. The molecule has 0 N–H and O–H groups in total. The van der Waals surface area contributed by atoms with E-state index in [9.17, 15) is 4.39 Å². The minimum absolute atomic E-state index is 0.245. The van der Waals surface area contributed by atoms with Crippen molar-refractivity contribution in [3.63, 3.8) is 0 Å². The average molecular weight is 210 g/mol. The Morgan fingerprint density at radius 3 is 2.50 bits per heavy atom. The van der Waals surface area contributed by atoms with Crippen LogP contribution in [0.4, 0.5) is 4.39 Å². The summed E-state index contributed by atoms with van der Waals surface area (Å²) in [6.45, 7) is 0. The van der Waals surface area contributed by atoms with Crippen LogP contribution in [0, 0.1) is 18.2 Å². The van der Waals surface area contributed by atoms with Crippen molar-refractivity contribution in [2.45, 2.75) is 6.42 Å². The van der Waals surface area contributed by atoms with Crippen LogP contribution in [0.1, 0.15) is 16.7 Å². The maximum Gasteiger partial charge on any atom is 0.123 e. The van der Waals surface area contributed by atoms with Crippen LogP contribution in [0.5, 0.6) is 0 Å². The molecule has 78 valence electrons. The lowest BCUT2D eigenvalue weighted by Crippen LogP contribution is -1.93. The quantitative estimate of drug-likeness (QED) is 0.666. The molecule has 0 heterocycles. The van der Waals surface area contributed by atoms with Gasteiger partial charge < -0.3 is 0 Å². The van der Waals surface area contributed by atoms with E-state index in [0.717, 1.165) is 16.7 Å². The molecule has 0 amide bonds. The van der Waals surface area contributed by atoms with Crippen molar-refractivity contribution in [1.82, 2.24) is 0 Å². The van der Waals surface area contributed by atoms with Gasteiger partial charge >= 0.3 is 0 Å². The SMILES string of the molecule is C#Cc1ccc(F)cc1Cc1ccccc1. The van der Waals surface area contributed by atoms with E-state index in [-0.39, 0.29) is 5.82 Å². The number of hydrogen-bond acceptors (Lipinski definition) is 0. The molecule has 0 aliphatic carbocycles. The molecule has 2 aromatic rings. The lowest BCUT2D eigenvalue weighted by molar-refractivity contribution is 0.626. The first-order valence-corrected chi connectivity index (χ1v) is 5.08. The van der Waals surface area contributed by atoms with Crippen LogP contribution in [-0.2, 0) is 6.42 Å². The van der Waals surface area contributed by atoms with Crippen molar-refractivity contribution in [1.29, 1.82) is 0 Å². The average Bonchev–Trinajstić information content (AvgIpc) is 2.31. The number of halogens is 1. The third-order valence-corrected chi connectivity index (χ3v) is 2.46. The number of benzene rings is 2. The molecule has 1 heteroatoms. The second-order valence-corrected chi connectivity index (χ2v) is 3.61. The molecule has 2 aromatic carbocycles. The minimum atomic E-state index is -0.245. The Morgan fingerprint density at radius 1 is 1.06 bits per heavy atom. The van der Waals surface area contributed by atoms with E-state index in [1.807, 2.05) is 30.3 Å². The van der Waals surface area contributed by atoms with Crippen LogP contribution >= 0.6 is 0 Å². The van der Waals surface area contributed by atoms with Gasteiger partial charge in [-0.15, -0.1) is 6.42 Å². The van der Waals surface area contributed by atoms with Gasteiger partial charge in [-0.2, -0.15) is 0 Å². The molecular weight excluding hydrogens is 199 g/mol. The Bertz CT molecular complexity index is 521. The normalized spacial score (nSPS) is 9.75. The predicted octanol–water partition coefficient (Wildman–Crippen LogP) is 3.40. The fourth-order valence-corrected chi connectivity index (χ4v) is 1.67. The maximum atomic E-state index is 13.1. The summed E-state index contributed by atoms with van der Waals surface area (Å²) in [5.41, 5.74) is 2.74. The number of terminal acetylenes is 1. The van der Waals surface area contributed by atoms with Gasteiger partial charge in [-0.1, -0.05) is 36.3 Å². The molecule has 0 nitrogen and oxygen atoms in total. The van der Waals surface area contributed by atoms with Crippen LogP contribution in [0.15, 0.2) is 48.5 Å². The standard InChI is InChI=1S/C15H11F/c1-2-13-8-9-15(16)11-14(13)10-12-6-4-3-5-7-12/h1,3-9,11H,10H2. The molecule has 0 saturated carbocycles. The highest BCUT2D eigenvalue weighted by Gasteiger charge is 2.03. The van der Waals surface area contributed by atoms with Gasteiger partial charge in [0.2, 0.25) is 0 Å². The van der Waals surface area contributed by atoms with Gasteiger partial charge in [-0.3, -0.25) is 0 Å². The van der Waals surface area contributed by atoms with E-state index in [0.29, 0.717) is 6.42 Å². The highest BCUT2D eigenvalue weighted by molar-refractivity contribution is 5.42. The summed E-state index contributed by atoms with van der Waals surface area (Å²) in [6, 6.07) is 14.4. The van der Waals surface area contributed by atoms with Crippen molar-refractivity contribution in [2.75, 3.05) is 0 Å². The summed E-state index contributed by atoms with van der Waals surface area (Å²) in [5, 5.41) is 0. The van der Waals surface area contributed by atoms with Crippen LogP contribution < -0.4 is 0 Å². The molecule has 0 radical (unpaired) electrons. The Hall–Kier alpha value is -2.07. The molecule has 0 bridgehead atoms. The van der Waals surface area contributed by atoms with Gasteiger partial charge in [0.25, 0.3) is 0 Å². The van der Waals surface area contributed by atoms with Crippen LogP contribution in [0.25, 0.3) is 0 Å². The largest absolute Gasteiger partial charge is 0.207 e. The minimum Gasteiger partial charge on any atom is -0.207 e. The third kappa shape index (κ3) is 2.29. The van der Waals surface area contributed by atoms with E-state index in [1.165, 1.54) is 12.1 Å². The van der Waals surface area contributed by atoms with Crippen molar-refractivity contribution in [2.24, 2.45) is 0 Å². The molecule has 16 heavy (non-hydrogen) atoms. The van der Waals surface area contributed by atoms with Crippen molar-refractivity contribution in [3.8, 4) is 12.3 Å². The fraction of sp³-hybridized carbons (Fsp3) is 0.0667. The molecule has 2 rings (SSSR count). The van der Waals surface area contributed by atoms with E-state index >= 15 is 0 Å². The molecule has 0 aromatic heterocycles. The second-order valence-electron chi connectivity index (χ2n) is 3.61. The summed E-state index contributed by atoms with van der Waals surface area (Å²) in [6.07, 6.45) is 6.05. The summed E-state index contributed by atoms with van der Waals surface area (Å²) >= 11 is 0. The van der Waals surface area contributed by atoms with Crippen molar-refractivity contribution >= 4 is 0 Å². The molecule has 0 atom stereocenters. The Labute approximate surface area is 94.7 Å². The first kappa shape index (κ1) is 10.4. The zero-order valence-corrected chi connectivity index (χ0v) is 8.78. The first-order valence-electron chi connectivity index (χ1n) is 5.08. The van der Waals surface area contributed by atoms with Gasteiger partial charge in [-0.25, -0.2) is 4.39 Å². The third-order valence-electron chi connectivity index (χ3n) is 2.46. The van der Waals surface area contributed by atoms with Gasteiger partial charge in [-0.05, 0) is 35.7 Å². The molecule has 0 spiro atoms. The van der Waals surface area contributed by atoms with Gasteiger partial charge in [0, 0.05) is 5.56 Å². The van der Waals surface area contributed by atoms with E-state index in [2.05, 4.69) is 5.92 Å². The summed E-state index contributed by atoms with van der Waals surface area (Å²) in [7, 11) is 0.